The van der Waals surface area contributed by atoms with Crippen LogP contribution in [0.15, 0.2) is 41.3 Å². The number of rotatable bonds is 5. The van der Waals surface area contributed by atoms with Gasteiger partial charge in [0.25, 0.3) is 0 Å². The van der Waals surface area contributed by atoms with Gasteiger partial charge in [0.05, 0.1) is 12.0 Å². The number of para-hydroxylation sites is 1. The van der Waals surface area contributed by atoms with Crippen LogP contribution in [0.25, 0.3) is 0 Å². The van der Waals surface area contributed by atoms with Crippen LogP contribution in [-0.4, -0.2) is 46.0 Å². The maximum atomic E-state index is 13.2. The second-order valence-electron chi connectivity index (χ2n) is 6.96. The lowest BCUT2D eigenvalue weighted by Crippen LogP contribution is -2.49. The van der Waals surface area contributed by atoms with E-state index in [9.17, 15) is 8.42 Å². The predicted octanol–water partition coefficient (Wildman–Crippen LogP) is 3.39. The second kappa shape index (κ2) is 7.90. The first-order valence-electron chi connectivity index (χ1n) is 9.36. The summed E-state index contributed by atoms with van der Waals surface area (Å²) in [6.07, 6.45) is 0.971. The molecule has 0 N–H and O–H groups in total. The highest BCUT2D eigenvalue weighted by molar-refractivity contribution is 7.89. The molecule has 0 unspecified atom stereocenters. The van der Waals surface area contributed by atoms with Crippen molar-refractivity contribution in [2.75, 3.05) is 38.2 Å². The smallest absolute Gasteiger partial charge is 0.243 e. The lowest BCUT2D eigenvalue weighted by atomic mass is 10.1. The quantitative estimate of drug-likeness (QED) is 0.788. The average molecular weight is 389 g/mol. The summed E-state index contributed by atoms with van der Waals surface area (Å²) < 4.78 is 33.3. The van der Waals surface area contributed by atoms with E-state index < -0.39 is 10.0 Å². The summed E-state index contributed by atoms with van der Waals surface area (Å²) in [5.74, 6) is 0.715. The molecule has 1 aliphatic rings. The number of anilines is 1. The van der Waals surface area contributed by atoms with Gasteiger partial charge in [-0.15, -0.1) is 0 Å². The first kappa shape index (κ1) is 19.7. The van der Waals surface area contributed by atoms with Gasteiger partial charge < -0.3 is 9.64 Å². The summed E-state index contributed by atoms with van der Waals surface area (Å²) in [5.41, 5.74) is 4.07. The highest BCUT2D eigenvalue weighted by Gasteiger charge is 2.30. The van der Waals surface area contributed by atoms with E-state index in [1.807, 2.05) is 19.9 Å². The Hall–Kier alpha value is -2.05. The van der Waals surface area contributed by atoms with Crippen molar-refractivity contribution in [2.45, 2.75) is 32.1 Å². The van der Waals surface area contributed by atoms with Crippen LogP contribution < -0.4 is 9.64 Å². The molecule has 0 bridgehead atoms. The third-order valence-electron chi connectivity index (χ3n) is 5.26. The fourth-order valence-electron chi connectivity index (χ4n) is 3.69. The van der Waals surface area contributed by atoms with E-state index in [4.69, 9.17) is 4.74 Å². The van der Waals surface area contributed by atoms with E-state index in [1.54, 1.807) is 23.5 Å². The van der Waals surface area contributed by atoms with Crippen molar-refractivity contribution in [3.63, 3.8) is 0 Å². The zero-order valence-electron chi connectivity index (χ0n) is 16.5. The zero-order valence-corrected chi connectivity index (χ0v) is 17.3. The van der Waals surface area contributed by atoms with E-state index in [-0.39, 0.29) is 0 Å². The minimum Gasteiger partial charge on any atom is -0.496 e. The zero-order chi connectivity index (χ0) is 19.6. The van der Waals surface area contributed by atoms with Gasteiger partial charge in [0.2, 0.25) is 10.0 Å². The predicted molar refractivity (Wildman–Crippen MR) is 109 cm³/mol. The van der Waals surface area contributed by atoms with Crippen molar-refractivity contribution < 1.29 is 13.2 Å². The van der Waals surface area contributed by atoms with Crippen molar-refractivity contribution in [3.8, 4) is 5.75 Å². The van der Waals surface area contributed by atoms with Crippen LogP contribution in [0.5, 0.6) is 5.75 Å². The van der Waals surface area contributed by atoms with Gasteiger partial charge in [-0.1, -0.05) is 25.1 Å². The molecule has 0 saturated carbocycles. The molecular formula is C21H28N2O3S. The number of hydrogen-bond acceptors (Lipinski definition) is 4. The highest BCUT2D eigenvalue weighted by Crippen LogP contribution is 2.29. The SMILES string of the molecule is CCc1ccccc1N1CCN(S(=O)(=O)c2cc(C)c(OC)cc2C)CC1. The van der Waals surface area contributed by atoms with Crippen LogP contribution in [-0.2, 0) is 16.4 Å². The van der Waals surface area contributed by atoms with E-state index in [1.165, 1.54) is 11.3 Å². The van der Waals surface area contributed by atoms with Crippen molar-refractivity contribution in [1.29, 1.82) is 0 Å². The van der Waals surface area contributed by atoms with Crippen LogP contribution in [0.3, 0.4) is 0 Å². The van der Waals surface area contributed by atoms with Gasteiger partial charge in [0.15, 0.2) is 0 Å². The Balaban J connectivity index is 1.80. The Labute approximate surface area is 162 Å². The highest BCUT2D eigenvalue weighted by atomic mass is 32.2. The molecule has 2 aromatic carbocycles. The lowest BCUT2D eigenvalue weighted by molar-refractivity contribution is 0.384. The van der Waals surface area contributed by atoms with Gasteiger partial charge in [0, 0.05) is 31.9 Å². The Morgan fingerprint density at radius 2 is 1.67 bits per heavy atom. The number of sulfonamides is 1. The molecule has 0 amide bonds. The first-order chi connectivity index (χ1) is 12.9. The molecule has 0 atom stereocenters. The molecule has 0 spiro atoms. The van der Waals surface area contributed by atoms with Gasteiger partial charge >= 0.3 is 0 Å². The minimum absolute atomic E-state index is 0.378. The van der Waals surface area contributed by atoms with Gasteiger partial charge in [-0.3, -0.25) is 0 Å². The molecule has 3 rings (SSSR count). The summed E-state index contributed by atoms with van der Waals surface area (Å²) in [6, 6.07) is 11.9. The number of piperazine rings is 1. The van der Waals surface area contributed by atoms with Gasteiger partial charge in [0.1, 0.15) is 5.75 Å². The van der Waals surface area contributed by atoms with E-state index in [0.717, 1.165) is 17.5 Å². The van der Waals surface area contributed by atoms with Gasteiger partial charge in [-0.2, -0.15) is 4.31 Å². The molecule has 0 radical (unpaired) electrons. The fourth-order valence-corrected chi connectivity index (χ4v) is 5.40. The molecule has 146 valence electrons. The summed E-state index contributed by atoms with van der Waals surface area (Å²) >= 11 is 0. The second-order valence-corrected chi connectivity index (χ2v) is 8.87. The number of nitrogens with zero attached hydrogens (tertiary/aromatic N) is 2. The van der Waals surface area contributed by atoms with Crippen LogP contribution in [0, 0.1) is 13.8 Å². The molecule has 1 heterocycles. The van der Waals surface area contributed by atoms with E-state index in [2.05, 4.69) is 30.0 Å². The molecule has 2 aromatic rings. The fraction of sp³-hybridized carbons (Fsp3) is 0.429. The van der Waals surface area contributed by atoms with Gasteiger partial charge in [-0.05, 0) is 55.2 Å². The lowest BCUT2D eigenvalue weighted by Gasteiger charge is -2.36. The molecule has 1 saturated heterocycles. The standard InChI is InChI=1S/C21H28N2O3S/c1-5-18-8-6-7-9-19(18)22-10-12-23(13-11-22)27(24,25)21-15-16(2)20(26-4)14-17(21)3/h6-9,14-15H,5,10-13H2,1-4H3. The molecule has 0 aliphatic carbocycles. The summed E-state index contributed by atoms with van der Waals surface area (Å²) in [4.78, 5) is 2.67. The van der Waals surface area contributed by atoms with Gasteiger partial charge in [-0.25, -0.2) is 8.42 Å². The Kier molecular flexibility index (Phi) is 5.77. The topological polar surface area (TPSA) is 49.9 Å². The molecule has 1 fully saturated rings. The maximum Gasteiger partial charge on any atom is 0.243 e. The number of methoxy groups -OCH3 is 1. The Morgan fingerprint density at radius 1 is 1.00 bits per heavy atom. The number of ether oxygens (including phenoxy) is 1. The van der Waals surface area contributed by atoms with Crippen LogP contribution in [0.2, 0.25) is 0 Å². The normalized spacial score (nSPS) is 15.8. The minimum atomic E-state index is -3.51. The van der Waals surface area contributed by atoms with Crippen molar-refractivity contribution in [1.82, 2.24) is 4.31 Å². The average Bonchev–Trinajstić information content (AvgIpc) is 2.69. The monoisotopic (exact) mass is 388 g/mol. The van der Waals surface area contributed by atoms with Crippen molar-refractivity contribution >= 4 is 15.7 Å². The Bertz CT molecular complexity index is 917. The largest absolute Gasteiger partial charge is 0.496 e. The molecular weight excluding hydrogens is 360 g/mol. The first-order valence-corrected chi connectivity index (χ1v) is 10.8. The summed E-state index contributed by atoms with van der Waals surface area (Å²) in [5, 5.41) is 0. The maximum absolute atomic E-state index is 13.2. The summed E-state index contributed by atoms with van der Waals surface area (Å²) in [7, 11) is -1.91. The molecule has 27 heavy (non-hydrogen) atoms. The summed E-state index contributed by atoms with van der Waals surface area (Å²) in [6.45, 7) is 8.22. The molecule has 1 aliphatic heterocycles. The van der Waals surface area contributed by atoms with Crippen LogP contribution in [0.4, 0.5) is 5.69 Å². The molecule has 6 heteroatoms. The van der Waals surface area contributed by atoms with E-state index >= 15 is 0 Å². The van der Waals surface area contributed by atoms with E-state index in [0.29, 0.717) is 36.8 Å². The van der Waals surface area contributed by atoms with Crippen LogP contribution >= 0.6 is 0 Å². The van der Waals surface area contributed by atoms with Crippen molar-refractivity contribution in [3.05, 3.63) is 53.1 Å². The van der Waals surface area contributed by atoms with Crippen LogP contribution in [0.1, 0.15) is 23.6 Å². The molecule has 5 nitrogen and oxygen atoms in total. The Morgan fingerprint density at radius 3 is 2.30 bits per heavy atom. The third kappa shape index (κ3) is 3.82. The van der Waals surface area contributed by atoms with Crippen molar-refractivity contribution in [2.24, 2.45) is 0 Å². The molecule has 0 aromatic heterocycles. The number of aryl methyl sites for hydroxylation is 3. The number of benzene rings is 2. The third-order valence-corrected chi connectivity index (χ3v) is 7.30. The number of hydrogen-bond donors (Lipinski definition) is 0.